The van der Waals surface area contributed by atoms with Gasteiger partial charge >= 0.3 is 0 Å². The zero-order chi connectivity index (χ0) is 30.4. The van der Waals surface area contributed by atoms with E-state index in [-0.39, 0.29) is 31.3 Å². The number of pyridine rings is 1. The van der Waals surface area contributed by atoms with Crippen LogP contribution in [0.4, 0.5) is 0 Å². The van der Waals surface area contributed by atoms with Gasteiger partial charge in [0, 0.05) is 30.0 Å². The molecule has 0 spiro atoms. The average Bonchev–Trinajstić information content (AvgIpc) is 3.03. The van der Waals surface area contributed by atoms with E-state index in [4.69, 9.17) is 44.3 Å². The second-order valence-corrected chi connectivity index (χ2v) is 13.6. The average molecular weight is 658 g/mol. The second-order valence-electron chi connectivity index (χ2n) is 10.3. The van der Waals surface area contributed by atoms with E-state index in [0.29, 0.717) is 0 Å². The minimum atomic E-state index is -2.01. The molecule has 1 amide bonds. The lowest BCUT2D eigenvalue weighted by atomic mass is 9.91. The van der Waals surface area contributed by atoms with Gasteiger partial charge in [-0.1, -0.05) is 115 Å². The van der Waals surface area contributed by atoms with Crippen molar-refractivity contribution in [2.75, 3.05) is 5.75 Å². The molecule has 6 nitrogen and oxygen atoms in total. The number of carbonyl (C=O) groups is 1. The van der Waals surface area contributed by atoms with Crippen molar-refractivity contribution in [1.29, 1.82) is 0 Å². The van der Waals surface area contributed by atoms with Crippen molar-refractivity contribution in [2.24, 2.45) is 5.92 Å². The van der Waals surface area contributed by atoms with Gasteiger partial charge in [0.25, 0.3) is 9.70 Å². The van der Waals surface area contributed by atoms with Crippen molar-refractivity contribution in [3.63, 3.8) is 0 Å². The Morgan fingerprint density at radius 1 is 0.907 bits per heavy atom. The molecule has 3 aromatic carbocycles. The maximum atomic E-state index is 11.9. The SMILES string of the molecule is CC1C(CSc2ccccn2)OC(c2ccc(-c3cccc(CNC(=O)C(Cl)(Cl)Cl)c3)cc2)OC1c1ccc(CO)cc1. The van der Waals surface area contributed by atoms with Gasteiger partial charge in [-0.2, -0.15) is 0 Å². The molecule has 5 rings (SSSR count). The van der Waals surface area contributed by atoms with E-state index < -0.39 is 16.0 Å². The van der Waals surface area contributed by atoms with Crippen LogP contribution in [-0.4, -0.2) is 31.6 Å². The molecular weight excluding hydrogens is 627 g/mol. The summed E-state index contributed by atoms with van der Waals surface area (Å²) in [6.45, 7) is 2.38. The van der Waals surface area contributed by atoms with Gasteiger partial charge in [-0.05, 0) is 46.0 Å². The highest BCUT2D eigenvalue weighted by molar-refractivity contribution is 7.99. The number of amides is 1. The molecule has 2 N–H and O–H groups in total. The first-order valence-corrected chi connectivity index (χ1v) is 15.9. The Morgan fingerprint density at radius 3 is 2.33 bits per heavy atom. The third-order valence-corrected chi connectivity index (χ3v) is 8.86. The normalized spacial score (nSPS) is 20.5. The Balaban J connectivity index is 1.34. The molecule has 43 heavy (non-hydrogen) atoms. The monoisotopic (exact) mass is 656 g/mol. The van der Waals surface area contributed by atoms with Crippen molar-refractivity contribution < 1.29 is 19.4 Å². The minimum absolute atomic E-state index is 0.00468. The number of ether oxygens (including phenoxy) is 2. The summed E-state index contributed by atoms with van der Waals surface area (Å²) < 4.78 is 11.1. The first-order valence-electron chi connectivity index (χ1n) is 13.8. The number of thioether (sulfide) groups is 1. The van der Waals surface area contributed by atoms with Crippen molar-refractivity contribution >= 4 is 52.5 Å². The molecule has 4 unspecified atom stereocenters. The van der Waals surface area contributed by atoms with E-state index in [0.717, 1.165) is 44.2 Å². The minimum Gasteiger partial charge on any atom is -0.392 e. The van der Waals surface area contributed by atoms with Crippen molar-refractivity contribution in [2.45, 2.75) is 47.4 Å². The van der Waals surface area contributed by atoms with E-state index in [1.807, 2.05) is 91.0 Å². The lowest BCUT2D eigenvalue weighted by Crippen LogP contribution is -2.38. The lowest BCUT2D eigenvalue weighted by molar-refractivity contribution is -0.268. The standard InChI is InChI=1S/C33H31Cl3N2O4S/c1-21-28(20-43-29-7-2-3-16-37-29)41-31(42-30(21)25-10-8-22(19-39)9-11-25)26-14-12-24(13-15-26)27-6-4-5-23(17-27)18-38-32(40)33(34,35)36/h2-17,21,28,30-31,39H,18-20H2,1H3,(H,38,40). The Kier molecular flexibility index (Phi) is 10.7. The second kappa shape index (κ2) is 14.4. The molecule has 0 aliphatic carbocycles. The quantitative estimate of drug-likeness (QED) is 0.141. The molecule has 1 aliphatic heterocycles. The molecule has 224 valence electrons. The summed E-state index contributed by atoms with van der Waals surface area (Å²) in [6.07, 6.45) is 0.945. The van der Waals surface area contributed by atoms with Gasteiger partial charge in [0.05, 0.1) is 23.8 Å². The fourth-order valence-corrected chi connectivity index (χ4v) is 6.11. The maximum Gasteiger partial charge on any atom is 0.272 e. The van der Waals surface area contributed by atoms with Crippen molar-refractivity contribution in [1.82, 2.24) is 10.3 Å². The van der Waals surface area contributed by atoms with Crippen LogP contribution in [0.25, 0.3) is 11.1 Å². The molecule has 4 atom stereocenters. The first-order chi connectivity index (χ1) is 20.7. The fraction of sp³-hybridized carbons (Fsp3) is 0.273. The Morgan fingerprint density at radius 2 is 1.65 bits per heavy atom. The van der Waals surface area contributed by atoms with Gasteiger partial charge < -0.3 is 19.9 Å². The third-order valence-electron chi connectivity index (χ3n) is 7.31. The topological polar surface area (TPSA) is 80.7 Å². The number of hydrogen-bond acceptors (Lipinski definition) is 6. The van der Waals surface area contributed by atoms with Crippen LogP contribution in [0.3, 0.4) is 0 Å². The number of alkyl halides is 3. The number of nitrogens with one attached hydrogen (secondary N) is 1. The van der Waals surface area contributed by atoms with Crippen molar-refractivity contribution in [3.8, 4) is 11.1 Å². The van der Waals surface area contributed by atoms with Gasteiger partial charge in [-0.3, -0.25) is 4.79 Å². The number of aromatic nitrogens is 1. The van der Waals surface area contributed by atoms with Crippen LogP contribution in [0.2, 0.25) is 0 Å². The van der Waals surface area contributed by atoms with E-state index >= 15 is 0 Å². The smallest absolute Gasteiger partial charge is 0.272 e. The summed E-state index contributed by atoms with van der Waals surface area (Å²) in [5.41, 5.74) is 5.67. The highest BCUT2D eigenvalue weighted by Gasteiger charge is 2.38. The predicted molar refractivity (Wildman–Crippen MR) is 172 cm³/mol. The third kappa shape index (κ3) is 8.31. The molecule has 0 bridgehead atoms. The van der Waals surface area contributed by atoms with Crippen LogP contribution in [-0.2, 0) is 27.4 Å². The molecular formula is C33H31Cl3N2O4S. The Bertz CT molecular complexity index is 1500. The zero-order valence-corrected chi connectivity index (χ0v) is 26.4. The van der Waals surface area contributed by atoms with Gasteiger partial charge in [-0.15, -0.1) is 11.8 Å². The number of carbonyl (C=O) groups excluding carboxylic acids is 1. The number of benzene rings is 3. The maximum absolute atomic E-state index is 11.9. The van der Waals surface area contributed by atoms with E-state index in [2.05, 4.69) is 17.2 Å². The lowest BCUT2D eigenvalue weighted by Gasteiger charge is -2.41. The summed E-state index contributed by atoms with van der Waals surface area (Å²) in [5, 5.41) is 13.1. The Labute approximate surface area is 270 Å². The predicted octanol–water partition coefficient (Wildman–Crippen LogP) is 7.81. The van der Waals surface area contributed by atoms with Crippen LogP contribution in [0.15, 0.2) is 102 Å². The summed E-state index contributed by atoms with van der Waals surface area (Å²) in [4.78, 5) is 16.4. The van der Waals surface area contributed by atoms with E-state index in [9.17, 15) is 9.90 Å². The van der Waals surface area contributed by atoms with Crippen LogP contribution in [0.5, 0.6) is 0 Å². The number of rotatable bonds is 9. The number of halogens is 3. The van der Waals surface area contributed by atoms with Crippen LogP contribution < -0.4 is 5.32 Å². The van der Waals surface area contributed by atoms with Gasteiger partial charge in [-0.25, -0.2) is 4.98 Å². The highest BCUT2D eigenvalue weighted by Crippen LogP contribution is 2.43. The summed E-state index contributed by atoms with van der Waals surface area (Å²) in [7, 11) is 0. The first kappa shape index (κ1) is 31.8. The Hall–Kier alpha value is -2.62. The van der Waals surface area contributed by atoms with Crippen LogP contribution in [0.1, 0.15) is 41.6 Å². The van der Waals surface area contributed by atoms with Crippen LogP contribution in [0, 0.1) is 5.92 Å². The fourth-order valence-electron chi connectivity index (χ4n) is 4.89. The summed E-state index contributed by atoms with van der Waals surface area (Å²) >= 11 is 18.6. The largest absolute Gasteiger partial charge is 0.392 e. The molecule has 1 aliphatic rings. The zero-order valence-electron chi connectivity index (χ0n) is 23.3. The number of aliphatic hydroxyl groups is 1. The molecule has 2 heterocycles. The van der Waals surface area contributed by atoms with Gasteiger partial charge in [0.1, 0.15) is 0 Å². The molecule has 1 aromatic heterocycles. The molecule has 1 fully saturated rings. The number of nitrogens with zero attached hydrogens (tertiary/aromatic N) is 1. The highest BCUT2D eigenvalue weighted by atomic mass is 35.6. The molecule has 4 aromatic rings. The molecule has 0 radical (unpaired) electrons. The van der Waals surface area contributed by atoms with E-state index in [1.165, 1.54) is 0 Å². The van der Waals surface area contributed by atoms with Crippen molar-refractivity contribution in [3.05, 3.63) is 119 Å². The van der Waals surface area contributed by atoms with Gasteiger partial charge in [0.2, 0.25) is 0 Å². The summed E-state index contributed by atoms with van der Waals surface area (Å²) in [5.74, 6) is 0.133. The number of aliphatic hydroxyl groups excluding tert-OH is 1. The molecule has 0 saturated carbocycles. The molecule has 10 heteroatoms. The van der Waals surface area contributed by atoms with Gasteiger partial charge in [0.15, 0.2) is 6.29 Å². The molecule has 1 saturated heterocycles. The number of hydrogen-bond donors (Lipinski definition) is 2. The van der Waals surface area contributed by atoms with E-state index in [1.54, 1.807) is 18.0 Å². The summed E-state index contributed by atoms with van der Waals surface area (Å²) in [6, 6.07) is 29.7. The van der Waals surface area contributed by atoms with Crippen LogP contribution >= 0.6 is 46.6 Å².